The molecule has 0 heterocycles. The van der Waals surface area contributed by atoms with Crippen molar-refractivity contribution in [2.75, 3.05) is 7.11 Å². The van der Waals surface area contributed by atoms with Crippen molar-refractivity contribution in [2.45, 2.75) is 19.8 Å². The average Bonchev–Trinajstić information content (AvgIpc) is 2.82. The van der Waals surface area contributed by atoms with E-state index in [1.54, 1.807) is 12.1 Å². The first-order valence-corrected chi connectivity index (χ1v) is 8.86. The zero-order chi connectivity index (χ0) is 18.0. The number of fused-ring (bicyclic) bond motifs is 1. The molecule has 1 aliphatic rings. The number of halogens is 2. The van der Waals surface area contributed by atoms with E-state index in [0.717, 1.165) is 34.4 Å². The van der Waals surface area contributed by atoms with Crippen LogP contribution in [0.5, 0.6) is 0 Å². The van der Waals surface area contributed by atoms with Crippen molar-refractivity contribution in [1.29, 1.82) is 0 Å². The van der Waals surface area contributed by atoms with E-state index in [0.29, 0.717) is 15.6 Å². The highest BCUT2D eigenvalue weighted by molar-refractivity contribution is 6.43. The number of allylic oxidation sites excluding steroid dienone is 2. The zero-order valence-electron chi connectivity index (χ0n) is 14.1. The van der Waals surface area contributed by atoms with Crippen LogP contribution in [-0.4, -0.2) is 13.1 Å². The lowest BCUT2D eigenvalue weighted by molar-refractivity contribution is 0.0600. The second kappa shape index (κ2) is 7.47. The molecule has 2 aromatic rings. The van der Waals surface area contributed by atoms with Gasteiger partial charge in [0.1, 0.15) is 0 Å². The molecule has 25 heavy (non-hydrogen) atoms. The highest BCUT2D eigenvalue weighted by Crippen LogP contribution is 2.32. The van der Waals surface area contributed by atoms with E-state index in [1.807, 2.05) is 24.3 Å². The molecule has 4 heteroatoms. The topological polar surface area (TPSA) is 26.3 Å². The SMILES string of the molecule is CCC1=CC=c2ccc(C(=O)OC)cc2=C(c2cccc(Cl)c2Cl)C1. The van der Waals surface area contributed by atoms with Crippen LogP contribution in [0, 0.1) is 0 Å². The molecule has 0 spiro atoms. The van der Waals surface area contributed by atoms with Gasteiger partial charge in [-0.25, -0.2) is 4.79 Å². The Morgan fingerprint density at radius 1 is 1.16 bits per heavy atom. The van der Waals surface area contributed by atoms with Gasteiger partial charge < -0.3 is 4.74 Å². The molecule has 0 saturated heterocycles. The van der Waals surface area contributed by atoms with Crippen molar-refractivity contribution in [3.63, 3.8) is 0 Å². The van der Waals surface area contributed by atoms with E-state index in [9.17, 15) is 4.79 Å². The lowest BCUT2D eigenvalue weighted by Crippen LogP contribution is -2.28. The monoisotopic (exact) mass is 372 g/mol. The van der Waals surface area contributed by atoms with Gasteiger partial charge in [-0.1, -0.05) is 66.0 Å². The van der Waals surface area contributed by atoms with Gasteiger partial charge in [0.15, 0.2) is 0 Å². The molecule has 0 amide bonds. The number of rotatable bonds is 3. The highest BCUT2D eigenvalue weighted by atomic mass is 35.5. The standard InChI is InChI=1S/C21H18Cl2O2/c1-3-13-7-8-14-9-10-15(21(24)25-2)12-17(14)18(11-13)16-5-4-6-19(22)20(16)23/h4-10,12H,3,11H2,1-2H3. The van der Waals surface area contributed by atoms with Gasteiger partial charge >= 0.3 is 5.97 Å². The minimum atomic E-state index is -0.354. The van der Waals surface area contributed by atoms with Crippen molar-refractivity contribution in [3.05, 3.63) is 79.7 Å². The molecular weight excluding hydrogens is 355 g/mol. The fourth-order valence-corrected chi connectivity index (χ4v) is 3.43. The van der Waals surface area contributed by atoms with Gasteiger partial charge in [-0.2, -0.15) is 0 Å². The highest BCUT2D eigenvalue weighted by Gasteiger charge is 2.15. The predicted octanol–water partition coefficient (Wildman–Crippen LogP) is 4.50. The van der Waals surface area contributed by atoms with Crippen LogP contribution in [0.4, 0.5) is 0 Å². The van der Waals surface area contributed by atoms with Crippen molar-refractivity contribution < 1.29 is 9.53 Å². The van der Waals surface area contributed by atoms with E-state index >= 15 is 0 Å². The maximum absolute atomic E-state index is 12.0. The summed E-state index contributed by atoms with van der Waals surface area (Å²) in [7, 11) is 1.38. The first-order valence-electron chi connectivity index (χ1n) is 8.10. The van der Waals surface area contributed by atoms with Gasteiger partial charge in [-0.05, 0) is 52.6 Å². The van der Waals surface area contributed by atoms with Gasteiger partial charge in [0, 0.05) is 0 Å². The normalized spacial score (nSPS) is 13.4. The number of esters is 1. The van der Waals surface area contributed by atoms with E-state index in [2.05, 4.69) is 19.1 Å². The third-order valence-corrected chi connectivity index (χ3v) is 5.25. The fourth-order valence-electron chi connectivity index (χ4n) is 3.02. The minimum absolute atomic E-state index is 0.354. The van der Waals surface area contributed by atoms with Crippen LogP contribution in [0.1, 0.15) is 35.7 Å². The maximum atomic E-state index is 12.0. The molecule has 128 valence electrons. The molecular formula is C21H18Cl2O2. The third kappa shape index (κ3) is 3.51. The van der Waals surface area contributed by atoms with Crippen LogP contribution in [0.25, 0.3) is 11.6 Å². The Labute approximate surface area is 157 Å². The molecule has 0 radical (unpaired) electrons. The summed E-state index contributed by atoms with van der Waals surface area (Å²) in [5.74, 6) is -0.354. The summed E-state index contributed by atoms with van der Waals surface area (Å²) in [5.41, 5.74) is 3.77. The molecule has 0 unspecified atom stereocenters. The first-order chi connectivity index (χ1) is 12.0. The Balaban J connectivity index is 2.37. The summed E-state index contributed by atoms with van der Waals surface area (Å²) in [4.78, 5) is 12.0. The van der Waals surface area contributed by atoms with Gasteiger partial charge in [-0.15, -0.1) is 0 Å². The molecule has 0 atom stereocenters. The molecule has 2 aromatic carbocycles. The van der Waals surface area contributed by atoms with Crippen molar-refractivity contribution >= 4 is 40.8 Å². The van der Waals surface area contributed by atoms with Crippen LogP contribution < -0.4 is 10.4 Å². The van der Waals surface area contributed by atoms with Gasteiger partial charge in [0.05, 0.1) is 22.7 Å². The summed E-state index contributed by atoms with van der Waals surface area (Å²) >= 11 is 12.7. The number of ether oxygens (including phenoxy) is 1. The molecule has 0 aromatic heterocycles. The molecule has 1 aliphatic carbocycles. The molecule has 2 nitrogen and oxygen atoms in total. The van der Waals surface area contributed by atoms with Crippen molar-refractivity contribution in [1.82, 2.24) is 0 Å². The number of hydrogen-bond donors (Lipinski definition) is 0. The molecule has 0 fully saturated rings. The van der Waals surface area contributed by atoms with Crippen LogP contribution >= 0.6 is 23.2 Å². The number of methoxy groups -OCH3 is 1. The molecule has 0 saturated carbocycles. The minimum Gasteiger partial charge on any atom is -0.465 e. The van der Waals surface area contributed by atoms with Gasteiger partial charge in [0.2, 0.25) is 0 Å². The second-order valence-electron chi connectivity index (χ2n) is 5.90. The zero-order valence-corrected chi connectivity index (χ0v) is 15.6. The van der Waals surface area contributed by atoms with Crippen LogP contribution in [0.15, 0.2) is 48.0 Å². The Morgan fingerprint density at radius 2 is 1.96 bits per heavy atom. The second-order valence-corrected chi connectivity index (χ2v) is 6.68. The fraction of sp³-hybridized carbons (Fsp3) is 0.190. The van der Waals surface area contributed by atoms with Crippen LogP contribution in [0.3, 0.4) is 0 Å². The van der Waals surface area contributed by atoms with Crippen LogP contribution in [0.2, 0.25) is 10.0 Å². The maximum Gasteiger partial charge on any atom is 0.337 e. The summed E-state index contributed by atoms with van der Waals surface area (Å²) in [5, 5.41) is 3.08. The lowest BCUT2D eigenvalue weighted by atomic mass is 9.95. The lowest BCUT2D eigenvalue weighted by Gasteiger charge is -2.12. The van der Waals surface area contributed by atoms with E-state index < -0.39 is 0 Å². The summed E-state index contributed by atoms with van der Waals surface area (Å²) in [6.07, 6.45) is 5.92. The van der Waals surface area contributed by atoms with E-state index in [-0.39, 0.29) is 5.97 Å². The number of hydrogen-bond acceptors (Lipinski definition) is 2. The van der Waals surface area contributed by atoms with E-state index in [4.69, 9.17) is 27.9 Å². The predicted molar refractivity (Wildman–Crippen MR) is 103 cm³/mol. The quantitative estimate of drug-likeness (QED) is 0.741. The molecule has 3 rings (SSSR count). The first kappa shape index (κ1) is 17.8. The number of benzene rings is 2. The van der Waals surface area contributed by atoms with E-state index in [1.165, 1.54) is 12.7 Å². The van der Waals surface area contributed by atoms with Crippen molar-refractivity contribution in [3.8, 4) is 0 Å². The Morgan fingerprint density at radius 3 is 2.68 bits per heavy atom. The van der Waals surface area contributed by atoms with Gasteiger partial charge in [0.25, 0.3) is 0 Å². The largest absolute Gasteiger partial charge is 0.465 e. The van der Waals surface area contributed by atoms with Crippen LogP contribution in [-0.2, 0) is 4.74 Å². The molecule has 0 bridgehead atoms. The average molecular weight is 373 g/mol. The smallest absolute Gasteiger partial charge is 0.337 e. The Bertz CT molecular complexity index is 987. The Hall–Kier alpha value is -2.03. The number of carbonyl (C=O) groups excluding carboxylic acids is 1. The van der Waals surface area contributed by atoms with Gasteiger partial charge in [-0.3, -0.25) is 0 Å². The molecule has 0 N–H and O–H groups in total. The van der Waals surface area contributed by atoms with Crippen molar-refractivity contribution in [2.24, 2.45) is 0 Å². The third-order valence-electron chi connectivity index (χ3n) is 4.43. The Kier molecular flexibility index (Phi) is 5.31. The molecule has 0 aliphatic heterocycles. The summed E-state index contributed by atoms with van der Waals surface area (Å²) in [6, 6.07) is 11.2. The summed E-state index contributed by atoms with van der Waals surface area (Å²) < 4.78 is 4.87. The number of carbonyl (C=O) groups is 1. The summed E-state index contributed by atoms with van der Waals surface area (Å²) in [6.45, 7) is 2.13.